The van der Waals surface area contributed by atoms with Gasteiger partial charge in [-0.05, 0) is 34.5 Å². The molecule has 1 aliphatic rings. The van der Waals surface area contributed by atoms with Gasteiger partial charge in [-0.3, -0.25) is 9.69 Å². The predicted molar refractivity (Wildman–Crippen MR) is 120 cm³/mol. The van der Waals surface area contributed by atoms with E-state index in [2.05, 4.69) is 45.0 Å². The number of rotatable bonds is 5. The number of fused-ring (bicyclic) bond motifs is 2. The summed E-state index contributed by atoms with van der Waals surface area (Å²) in [6.45, 7) is 4.35. The minimum absolute atomic E-state index is 0.101. The molecule has 154 valence electrons. The summed E-state index contributed by atoms with van der Waals surface area (Å²) in [6.07, 6.45) is 0. The number of likely N-dealkylation sites (N-methyl/N-ethyl adjacent to an activating group) is 1. The Labute approximate surface area is 179 Å². The Kier molecular flexibility index (Phi) is 5.25. The van der Waals surface area contributed by atoms with Crippen molar-refractivity contribution in [2.45, 2.75) is 6.04 Å². The van der Waals surface area contributed by atoms with E-state index in [1.165, 1.54) is 15.6 Å². The Morgan fingerprint density at radius 3 is 2.93 bits per heavy atom. The van der Waals surface area contributed by atoms with Gasteiger partial charge in [0.1, 0.15) is 0 Å². The monoisotopic (exact) mass is 420 g/mol. The molecule has 3 heterocycles. The van der Waals surface area contributed by atoms with Gasteiger partial charge in [0.25, 0.3) is 5.91 Å². The first-order valence-electron chi connectivity index (χ1n) is 10.2. The molecular weight excluding hydrogens is 396 g/mol. The Morgan fingerprint density at radius 1 is 1.23 bits per heavy atom. The van der Waals surface area contributed by atoms with Gasteiger partial charge in [-0.25, -0.2) is 0 Å². The van der Waals surface area contributed by atoms with E-state index in [-0.39, 0.29) is 5.91 Å². The zero-order chi connectivity index (χ0) is 20.5. The maximum Gasteiger partial charge on any atom is 0.276 e. The topological polar surface area (TPSA) is 61.6 Å². The van der Waals surface area contributed by atoms with Crippen LogP contribution in [0.2, 0.25) is 0 Å². The summed E-state index contributed by atoms with van der Waals surface area (Å²) in [5.41, 5.74) is 2.40. The number of piperazine rings is 1. The molecule has 2 aromatic carbocycles. The molecule has 1 fully saturated rings. The van der Waals surface area contributed by atoms with E-state index in [4.69, 9.17) is 4.52 Å². The van der Waals surface area contributed by atoms with Crippen LogP contribution in [0.15, 0.2) is 58.4 Å². The first kappa shape index (κ1) is 19.2. The molecule has 0 bridgehead atoms. The molecule has 1 unspecified atom stereocenters. The number of thiophene rings is 1. The molecule has 7 heteroatoms. The predicted octanol–water partition coefficient (Wildman–Crippen LogP) is 3.76. The van der Waals surface area contributed by atoms with Crippen molar-refractivity contribution in [1.82, 2.24) is 20.3 Å². The second kappa shape index (κ2) is 8.18. The summed E-state index contributed by atoms with van der Waals surface area (Å²) in [4.78, 5) is 17.0. The van der Waals surface area contributed by atoms with Crippen LogP contribution in [0, 0.1) is 0 Å². The first-order chi connectivity index (χ1) is 14.7. The van der Waals surface area contributed by atoms with Crippen molar-refractivity contribution in [3.63, 3.8) is 0 Å². The highest BCUT2D eigenvalue weighted by molar-refractivity contribution is 7.17. The number of carbonyl (C=O) groups is 1. The lowest BCUT2D eigenvalue weighted by atomic mass is 10.0. The third kappa shape index (κ3) is 3.60. The molecule has 0 radical (unpaired) electrons. The average Bonchev–Trinajstić information content (AvgIpc) is 3.41. The van der Waals surface area contributed by atoms with Crippen molar-refractivity contribution in [3.05, 3.63) is 65.2 Å². The molecule has 6 nitrogen and oxygen atoms in total. The lowest BCUT2D eigenvalue weighted by Gasteiger charge is -2.34. The van der Waals surface area contributed by atoms with Crippen LogP contribution in [0.4, 0.5) is 0 Å². The summed E-state index contributed by atoms with van der Waals surface area (Å²) in [5.74, 6) is -0.101. The second-order valence-corrected chi connectivity index (χ2v) is 8.66. The maximum absolute atomic E-state index is 12.9. The van der Waals surface area contributed by atoms with Crippen LogP contribution in [0.1, 0.15) is 22.1 Å². The second-order valence-electron chi connectivity index (χ2n) is 7.75. The third-order valence-electron chi connectivity index (χ3n) is 5.82. The third-order valence-corrected chi connectivity index (χ3v) is 6.81. The van der Waals surface area contributed by atoms with Crippen LogP contribution in [-0.4, -0.2) is 60.6 Å². The number of benzene rings is 2. The van der Waals surface area contributed by atoms with Gasteiger partial charge in [0.15, 0.2) is 11.3 Å². The highest BCUT2D eigenvalue weighted by Gasteiger charge is 2.24. The molecule has 4 aromatic rings. The quantitative estimate of drug-likeness (QED) is 0.533. The van der Waals surface area contributed by atoms with Gasteiger partial charge in [0.05, 0.1) is 5.39 Å². The number of carbonyl (C=O) groups excluding carboxylic acids is 1. The van der Waals surface area contributed by atoms with Crippen molar-refractivity contribution >= 4 is 38.3 Å². The average molecular weight is 421 g/mol. The van der Waals surface area contributed by atoms with Gasteiger partial charge in [-0.1, -0.05) is 35.5 Å². The van der Waals surface area contributed by atoms with Crippen molar-refractivity contribution in [2.75, 3.05) is 39.8 Å². The molecule has 1 atom stereocenters. The Bertz CT molecular complexity index is 1180. The molecule has 1 N–H and O–H groups in total. The van der Waals surface area contributed by atoms with Crippen LogP contribution in [-0.2, 0) is 0 Å². The summed E-state index contributed by atoms with van der Waals surface area (Å²) in [5, 5.41) is 12.0. The SMILES string of the molecule is CN(CCN1CCNC(c2csc3ccccc23)C1)C(=O)c1noc2ccccc12. The summed E-state index contributed by atoms with van der Waals surface area (Å²) in [6, 6.07) is 16.4. The van der Waals surface area contributed by atoms with E-state index in [1.54, 1.807) is 16.2 Å². The van der Waals surface area contributed by atoms with Crippen molar-refractivity contribution in [1.29, 1.82) is 0 Å². The molecule has 1 aliphatic heterocycles. The zero-order valence-corrected chi connectivity index (χ0v) is 17.7. The van der Waals surface area contributed by atoms with Crippen molar-refractivity contribution < 1.29 is 9.32 Å². The first-order valence-corrected chi connectivity index (χ1v) is 11.1. The lowest BCUT2D eigenvalue weighted by molar-refractivity contribution is 0.0761. The van der Waals surface area contributed by atoms with Gasteiger partial charge in [-0.2, -0.15) is 0 Å². The fourth-order valence-corrected chi connectivity index (χ4v) is 5.12. The molecule has 30 heavy (non-hydrogen) atoms. The molecule has 1 saturated heterocycles. The summed E-state index contributed by atoms with van der Waals surface area (Å²) in [7, 11) is 1.83. The number of aromatic nitrogens is 1. The van der Waals surface area contributed by atoms with Crippen LogP contribution in [0.3, 0.4) is 0 Å². The number of hydrogen-bond acceptors (Lipinski definition) is 6. The smallest absolute Gasteiger partial charge is 0.276 e. The van der Waals surface area contributed by atoms with Crippen molar-refractivity contribution in [3.8, 4) is 0 Å². The van der Waals surface area contributed by atoms with Crippen molar-refractivity contribution in [2.24, 2.45) is 0 Å². The van der Waals surface area contributed by atoms with E-state index < -0.39 is 0 Å². The van der Waals surface area contributed by atoms with Gasteiger partial charge in [-0.15, -0.1) is 11.3 Å². The van der Waals surface area contributed by atoms with Crippen LogP contribution >= 0.6 is 11.3 Å². The van der Waals surface area contributed by atoms with E-state index in [9.17, 15) is 4.79 Å². The summed E-state index contributed by atoms with van der Waals surface area (Å²) >= 11 is 1.80. The number of amides is 1. The number of nitrogens with one attached hydrogen (secondary N) is 1. The van der Waals surface area contributed by atoms with Crippen LogP contribution in [0.5, 0.6) is 0 Å². The van der Waals surface area contributed by atoms with Crippen LogP contribution < -0.4 is 5.32 Å². The van der Waals surface area contributed by atoms with E-state index in [0.29, 0.717) is 23.9 Å². The van der Waals surface area contributed by atoms with E-state index >= 15 is 0 Å². The highest BCUT2D eigenvalue weighted by Crippen LogP contribution is 2.31. The molecule has 0 spiro atoms. The number of para-hydroxylation sites is 1. The summed E-state index contributed by atoms with van der Waals surface area (Å²) < 4.78 is 6.62. The van der Waals surface area contributed by atoms with Crippen LogP contribution in [0.25, 0.3) is 21.1 Å². The Balaban J connectivity index is 1.23. The fraction of sp³-hybridized carbons (Fsp3) is 0.304. The minimum atomic E-state index is -0.101. The van der Waals surface area contributed by atoms with Gasteiger partial charge in [0.2, 0.25) is 0 Å². The highest BCUT2D eigenvalue weighted by atomic mass is 32.1. The lowest BCUT2D eigenvalue weighted by Crippen LogP contribution is -2.48. The largest absolute Gasteiger partial charge is 0.355 e. The maximum atomic E-state index is 12.9. The van der Waals surface area contributed by atoms with Gasteiger partial charge < -0.3 is 14.7 Å². The minimum Gasteiger partial charge on any atom is -0.355 e. The molecule has 0 saturated carbocycles. The molecule has 0 aliphatic carbocycles. The van der Waals surface area contributed by atoms with Gasteiger partial charge in [0, 0.05) is 50.5 Å². The Morgan fingerprint density at radius 2 is 2.03 bits per heavy atom. The molecule has 1 amide bonds. The fourth-order valence-electron chi connectivity index (χ4n) is 4.10. The number of nitrogens with zero attached hydrogens (tertiary/aromatic N) is 3. The molecule has 5 rings (SSSR count). The number of hydrogen-bond donors (Lipinski definition) is 1. The molecular formula is C23H24N4O2S. The van der Waals surface area contributed by atoms with E-state index in [1.807, 2.05) is 31.3 Å². The standard InChI is InChI=1S/C23H24N4O2S/c1-26(23(28)22-17-7-2-4-8-20(17)29-25-22)12-13-27-11-10-24-19(14-27)18-15-30-21-9-5-3-6-16(18)21/h2-9,15,19,24H,10-14H2,1H3. The molecule has 2 aromatic heterocycles. The zero-order valence-electron chi connectivity index (χ0n) is 16.9. The van der Waals surface area contributed by atoms with E-state index in [0.717, 1.165) is 31.6 Å². The van der Waals surface area contributed by atoms with Gasteiger partial charge >= 0.3 is 0 Å². The normalized spacial score (nSPS) is 17.6. The Hall–Kier alpha value is -2.74.